The highest BCUT2D eigenvalue weighted by Crippen LogP contribution is 2.32. The lowest BCUT2D eigenvalue weighted by Crippen LogP contribution is -2.16. The Morgan fingerprint density at radius 1 is 1.04 bits per heavy atom. The molecule has 4 nitrogen and oxygen atoms in total. The van der Waals surface area contributed by atoms with Crippen molar-refractivity contribution in [1.82, 2.24) is 9.97 Å². The van der Waals surface area contributed by atoms with Crippen LogP contribution in [0.1, 0.15) is 61.0 Å². The van der Waals surface area contributed by atoms with E-state index in [1.54, 1.807) is 6.33 Å². The normalized spacial score (nSPS) is 11.4. The Labute approximate surface area is 142 Å². The van der Waals surface area contributed by atoms with Crippen LogP contribution in [0.25, 0.3) is 11.0 Å². The van der Waals surface area contributed by atoms with Crippen LogP contribution in [0.3, 0.4) is 0 Å². The van der Waals surface area contributed by atoms with Gasteiger partial charge in [0.2, 0.25) is 0 Å². The van der Waals surface area contributed by atoms with Gasteiger partial charge in [0.25, 0.3) is 5.91 Å². The van der Waals surface area contributed by atoms with Gasteiger partial charge in [0.15, 0.2) is 0 Å². The predicted molar refractivity (Wildman–Crippen MR) is 98.7 cm³/mol. The first-order valence-electron chi connectivity index (χ1n) is 8.34. The maximum Gasteiger partial charge on any atom is 0.255 e. The highest BCUT2D eigenvalue weighted by atomic mass is 16.1. The number of rotatable bonds is 4. The van der Waals surface area contributed by atoms with Crippen molar-refractivity contribution < 1.29 is 4.79 Å². The molecule has 4 heteroatoms. The molecule has 0 unspecified atom stereocenters. The number of hydrogen-bond acceptors (Lipinski definition) is 2. The SMILES string of the molecule is CC(C)c1cccc(C(C)C)c1NC(=O)c1ccc2nc[nH]c2c1. The quantitative estimate of drug-likeness (QED) is 0.705. The molecule has 0 spiro atoms. The number of imidazole rings is 1. The molecule has 0 aliphatic rings. The van der Waals surface area contributed by atoms with E-state index in [1.807, 2.05) is 18.2 Å². The fourth-order valence-corrected chi connectivity index (χ4v) is 2.96. The number of carbonyl (C=O) groups excluding carboxylic acids is 1. The van der Waals surface area contributed by atoms with E-state index in [4.69, 9.17) is 0 Å². The molecule has 2 aromatic carbocycles. The van der Waals surface area contributed by atoms with Gasteiger partial charge in [-0.05, 0) is 41.2 Å². The number of carbonyl (C=O) groups is 1. The summed E-state index contributed by atoms with van der Waals surface area (Å²) in [6, 6.07) is 11.8. The van der Waals surface area contributed by atoms with Crippen molar-refractivity contribution in [2.45, 2.75) is 39.5 Å². The van der Waals surface area contributed by atoms with Crippen molar-refractivity contribution in [3.05, 3.63) is 59.4 Å². The first kappa shape index (κ1) is 16.2. The molecule has 0 aliphatic heterocycles. The zero-order chi connectivity index (χ0) is 17.3. The summed E-state index contributed by atoms with van der Waals surface area (Å²) in [5.74, 6) is 0.588. The average Bonchev–Trinajstić information content (AvgIpc) is 3.02. The summed E-state index contributed by atoms with van der Waals surface area (Å²) in [7, 11) is 0. The molecule has 2 N–H and O–H groups in total. The Bertz CT molecular complexity index is 851. The lowest BCUT2D eigenvalue weighted by Gasteiger charge is -2.20. The molecule has 0 fully saturated rings. The number of H-pyrrole nitrogens is 1. The van der Waals surface area contributed by atoms with Crippen LogP contribution >= 0.6 is 0 Å². The van der Waals surface area contributed by atoms with Crippen molar-refractivity contribution in [3.63, 3.8) is 0 Å². The van der Waals surface area contributed by atoms with E-state index in [0.717, 1.165) is 27.8 Å². The molecule has 0 bridgehead atoms. The summed E-state index contributed by atoms with van der Waals surface area (Å²) in [5.41, 5.74) is 5.62. The van der Waals surface area contributed by atoms with Gasteiger partial charge in [-0.2, -0.15) is 0 Å². The van der Waals surface area contributed by atoms with Crippen LogP contribution < -0.4 is 5.32 Å². The number of aromatic nitrogens is 2. The van der Waals surface area contributed by atoms with E-state index < -0.39 is 0 Å². The predicted octanol–water partition coefficient (Wildman–Crippen LogP) is 5.06. The third kappa shape index (κ3) is 3.04. The first-order chi connectivity index (χ1) is 11.5. The number of nitrogens with zero attached hydrogens (tertiary/aromatic N) is 1. The van der Waals surface area contributed by atoms with Gasteiger partial charge in [0.05, 0.1) is 17.4 Å². The Hall–Kier alpha value is -2.62. The van der Waals surface area contributed by atoms with Crippen molar-refractivity contribution in [2.75, 3.05) is 5.32 Å². The molecule has 1 aromatic heterocycles. The topological polar surface area (TPSA) is 57.8 Å². The minimum atomic E-state index is -0.0958. The summed E-state index contributed by atoms with van der Waals surface area (Å²) in [4.78, 5) is 20.0. The standard InChI is InChI=1S/C20H23N3O/c1-12(2)15-6-5-7-16(13(3)4)19(15)23-20(24)14-8-9-17-18(10-14)22-11-21-17/h5-13H,1-4H3,(H,21,22)(H,23,24). The van der Waals surface area contributed by atoms with Gasteiger partial charge in [-0.15, -0.1) is 0 Å². The Morgan fingerprint density at radius 3 is 2.33 bits per heavy atom. The number of nitrogens with one attached hydrogen (secondary N) is 2. The lowest BCUT2D eigenvalue weighted by molar-refractivity contribution is 0.102. The number of hydrogen-bond donors (Lipinski definition) is 2. The van der Waals surface area contributed by atoms with E-state index >= 15 is 0 Å². The zero-order valence-corrected chi connectivity index (χ0v) is 14.6. The monoisotopic (exact) mass is 321 g/mol. The van der Waals surface area contributed by atoms with Crippen molar-refractivity contribution in [3.8, 4) is 0 Å². The van der Waals surface area contributed by atoms with Crippen LogP contribution in [0.2, 0.25) is 0 Å². The van der Waals surface area contributed by atoms with Gasteiger partial charge in [0, 0.05) is 11.3 Å². The lowest BCUT2D eigenvalue weighted by atomic mass is 9.92. The minimum absolute atomic E-state index is 0.0958. The molecule has 124 valence electrons. The zero-order valence-electron chi connectivity index (χ0n) is 14.6. The molecule has 0 atom stereocenters. The number of fused-ring (bicyclic) bond motifs is 1. The smallest absolute Gasteiger partial charge is 0.255 e. The van der Waals surface area contributed by atoms with Crippen LogP contribution in [-0.4, -0.2) is 15.9 Å². The average molecular weight is 321 g/mol. The summed E-state index contributed by atoms with van der Waals surface area (Å²) < 4.78 is 0. The van der Waals surface area contributed by atoms with Crippen LogP contribution in [0.5, 0.6) is 0 Å². The Kier molecular flexibility index (Phi) is 4.38. The van der Waals surface area contributed by atoms with Crippen LogP contribution in [0, 0.1) is 0 Å². The summed E-state index contributed by atoms with van der Waals surface area (Å²) in [5, 5.41) is 3.14. The third-order valence-corrected chi connectivity index (χ3v) is 4.29. The van der Waals surface area contributed by atoms with Gasteiger partial charge in [0.1, 0.15) is 0 Å². The summed E-state index contributed by atoms with van der Waals surface area (Å²) in [6.07, 6.45) is 1.64. The van der Waals surface area contributed by atoms with Gasteiger partial charge < -0.3 is 10.3 Å². The van der Waals surface area contributed by atoms with E-state index in [-0.39, 0.29) is 5.91 Å². The summed E-state index contributed by atoms with van der Waals surface area (Å²) >= 11 is 0. The van der Waals surface area contributed by atoms with Crippen molar-refractivity contribution >= 4 is 22.6 Å². The second kappa shape index (κ2) is 6.48. The molecule has 3 rings (SSSR count). The van der Waals surface area contributed by atoms with Gasteiger partial charge >= 0.3 is 0 Å². The van der Waals surface area contributed by atoms with Crippen molar-refractivity contribution in [1.29, 1.82) is 0 Å². The Balaban J connectivity index is 1.98. The maximum absolute atomic E-state index is 12.8. The molecule has 1 amide bonds. The first-order valence-corrected chi connectivity index (χ1v) is 8.34. The van der Waals surface area contributed by atoms with Crippen molar-refractivity contribution in [2.24, 2.45) is 0 Å². The fourth-order valence-electron chi connectivity index (χ4n) is 2.96. The van der Waals surface area contributed by atoms with Crippen LogP contribution in [-0.2, 0) is 0 Å². The van der Waals surface area contributed by atoms with Gasteiger partial charge in [-0.25, -0.2) is 4.98 Å². The number of anilines is 1. The molecule has 24 heavy (non-hydrogen) atoms. The molecule has 0 aliphatic carbocycles. The molecule has 1 heterocycles. The molecule has 3 aromatic rings. The second-order valence-electron chi connectivity index (χ2n) is 6.71. The molecular weight excluding hydrogens is 298 g/mol. The minimum Gasteiger partial charge on any atom is -0.345 e. The fraction of sp³-hybridized carbons (Fsp3) is 0.300. The third-order valence-electron chi connectivity index (χ3n) is 4.29. The van der Waals surface area contributed by atoms with Gasteiger partial charge in [-0.1, -0.05) is 45.9 Å². The molecule has 0 radical (unpaired) electrons. The van der Waals surface area contributed by atoms with E-state index in [0.29, 0.717) is 17.4 Å². The van der Waals surface area contributed by atoms with Gasteiger partial charge in [-0.3, -0.25) is 4.79 Å². The molecule has 0 saturated carbocycles. The maximum atomic E-state index is 12.8. The van der Waals surface area contributed by atoms with Crippen LogP contribution in [0.4, 0.5) is 5.69 Å². The second-order valence-corrected chi connectivity index (χ2v) is 6.71. The number of benzene rings is 2. The van der Waals surface area contributed by atoms with Crippen LogP contribution in [0.15, 0.2) is 42.7 Å². The molecular formula is C20H23N3O. The van der Waals surface area contributed by atoms with E-state index in [1.165, 1.54) is 0 Å². The highest BCUT2D eigenvalue weighted by molar-refractivity contribution is 6.06. The largest absolute Gasteiger partial charge is 0.345 e. The number of aromatic amines is 1. The molecule has 0 saturated heterocycles. The van der Waals surface area contributed by atoms with E-state index in [2.05, 4.69) is 61.2 Å². The van der Waals surface area contributed by atoms with E-state index in [9.17, 15) is 4.79 Å². The Morgan fingerprint density at radius 2 is 1.71 bits per heavy atom. The summed E-state index contributed by atoms with van der Waals surface area (Å²) in [6.45, 7) is 8.58. The highest BCUT2D eigenvalue weighted by Gasteiger charge is 2.17. The number of amides is 1. The number of para-hydroxylation sites is 1.